The smallest absolute Gasteiger partial charge is 0.254 e. The van der Waals surface area contributed by atoms with Crippen LogP contribution in [0.1, 0.15) is 61.4 Å². The number of nitrogens with one attached hydrogen (secondary N) is 1. The zero-order valence-corrected chi connectivity index (χ0v) is 23.5. The first-order chi connectivity index (χ1) is 18.4. The number of halogens is 1. The van der Waals surface area contributed by atoms with Gasteiger partial charge in [-0.3, -0.25) is 4.79 Å². The highest BCUT2D eigenvalue weighted by Crippen LogP contribution is 2.31. The van der Waals surface area contributed by atoms with Gasteiger partial charge in [0.1, 0.15) is 17.5 Å². The normalized spacial score (nSPS) is 25.2. The van der Waals surface area contributed by atoms with Crippen LogP contribution in [0, 0.1) is 0 Å². The van der Waals surface area contributed by atoms with Crippen molar-refractivity contribution in [2.75, 3.05) is 46.4 Å². The highest BCUT2D eigenvalue weighted by atomic mass is 35.5. The Morgan fingerprint density at radius 1 is 1.11 bits per heavy atom. The van der Waals surface area contributed by atoms with Crippen LogP contribution in [0.15, 0.2) is 58.6 Å². The number of amides is 1. The molecular formula is C30H40ClN5O2. The van der Waals surface area contributed by atoms with Gasteiger partial charge in [0, 0.05) is 56.0 Å². The number of aryl methyl sites for hydroxylation is 1. The number of rotatable bonds is 0. The number of benzene rings is 1. The highest BCUT2D eigenvalue weighted by molar-refractivity contribution is 6.31. The monoisotopic (exact) mass is 537 g/mol. The van der Waals surface area contributed by atoms with E-state index in [0.717, 1.165) is 79.4 Å². The van der Waals surface area contributed by atoms with Crippen LogP contribution >= 0.6 is 11.6 Å². The molecule has 1 aromatic rings. The van der Waals surface area contributed by atoms with Crippen LogP contribution in [0.5, 0.6) is 0 Å². The van der Waals surface area contributed by atoms with Crippen LogP contribution < -0.4 is 5.32 Å². The molecule has 8 heteroatoms. The van der Waals surface area contributed by atoms with E-state index < -0.39 is 0 Å². The second-order valence-electron chi connectivity index (χ2n) is 10.7. The third kappa shape index (κ3) is 5.64. The topological polar surface area (TPSA) is 60.4 Å². The fourth-order valence-electron chi connectivity index (χ4n) is 6.01. The predicted molar refractivity (Wildman–Crippen MR) is 153 cm³/mol. The minimum Gasteiger partial charge on any atom is -0.380 e. The van der Waals surface area contributed by atoms with E-state index in [1.165, 1.54) is 12.8 Å². The van der Waals surface area contributed by atoms with Gasteiger partial charge in [-0.05, 0) is 81.2 Å². The Morgan fingerprint density at radius 3 is 2.71 bits per heavy atom. The molecule has 4 aliphatic rings. The molecule has 5 rings (SSSR count). The Morgan fingerprint density at radius 2 is 1.89 bits per heavy atom. The first kappa shape index (κ1) is 26.8. The quantitative estimate of drug-likeness (QED) is 0.507. The van der Waals surface area contributed by atoms with E-state index in [0.29, 0.717) is 36.9 Å². The summed E-state index contributed by atoms with van der Waals surface area (Å²) in [5.74, 6) is 2.96. The van der Waals surface area contributed by atoms with Crippen molar-refractivity contribution in [2.45, 2.75) is 57.9 Å². The molecule has 1 aromatic carbocycles. The molecule has 38 heavy (non-hydrogen) atoms. The number of carbonyl (C=O) groups excluding carboxylic acids is 1. The van der Waals surface area contributed by atoms with Crippen molar-refractivity contribution in [1.82, 2.24) is 20.0 Å². The zero-order valence-electron chi connectivity index (χ0n) is 22.8. The fourth-order valence-corrected chi connectivity index (χ4v) is 6.18. The van der Waals surface area contributed by atoms with Crippen molar-refractivity contribution >= 4 is 23.3 Å². The van der Waals surface area contributed by atoms with E-state index in [1.807, 2.05) is 30.1 Å². The maximum atomic E-state index is 14.0. The SMILES string of the molecule is C=C1/C=C2/N=C(N3CCCC3)C(C)=C(NCCOCCCc3ccc(Cl)cc3C(=O)N3CCCCC13)N2C. The molecule has 0 aromatic heterocycles. The minimum atomic E-state index is -0.0724. The summed E-state index contributed by atoms with van der Waals surface area (Å²) in [7, 11) is 2.05. The predicted octanol–water partition coefficient (Wildman–Crippen LogP) is 4.96. The minimum absolute atomic E-state index is 0.0355. The van der Waals surface area contributed by atoms with Gasteiger partial charge in [-0.1, -0.05) is 24.2 Å². The number of hydrogen-bond donors (Lipinski definition) is 1. The highest BCUT2D eigenvalue weighted by Gasteiger charge is 2.32. The molecule has 1 N–H and O–H groups in total. The van der Waals surface area contributed by atoms with Gasteiger partial charge in [-0.2, -0.15) is 0 Å². The second-order valence-corrected chi connectivity index (χ2v) is 11.1. The van der Waals surface area contributed by atoms with Crippen LogP contribution in [0.3, 0.4) is 0 Å². The molecular weight excluding hydrogens is 498 g/mol. The molecule has 1 amide bonds. The van der Waals surface area contributed by atoms with E-state index >= 15 is 0 Å². The summed E-state index contributed by atoms with van der Waals surface area (Å²) in [6.07, 6.45) is 9.03. The first-order valence-corrected chi connectivity index (χ1v) is 14.4. The lowest BCUT2D eigenvalue weighted by atomic mass is 9.93. The number of nitrogens with zero attached hydrogens (tertiary/aromatic N) is 4. The molecule has 0 radical (unpaired) electrons. The van der Waals surface area contributed by atoms with Gasteiger partial charge in [0.25, 0.3) is 5.91 Å². The lowest BCUT2D eigenvalue weighted by molar-refractivity contribution is 0.0654. The summed E-state index contributed by atoms with van der Waals surface area (Å²) >= 11 is 6.37. The van der Waals surface area contributed by atoms with E-state index in [4.69, 9.17) is 21.3 Å². The largest absolute Gasteiger partial charge is 0.380 e. The molecule has 2 fully saturated rings. The van der Waals surface area contributed by atoms with Crippen molar-refractivity contribution in [3.05, 3.63) is 69.8 Å². The van der Waals surface area contributed by atoms with Crippen LogP contribution in [0.4, 0.5) is 0 Å². The maximum Gasteiger partial charge on any atom is 0.254 e. The molecule has 2 saturated heterocycles. The summed E-state index contributed by atoms with van der Waals surface area (Å²) in [4.78, 5) is 25.6. The van der Waals surface area contributed by atoms with Crippen molar-refractivity contribution in [1.29, 1.82) is 0 Å². The molecule has 1 atom stereocenters. The lowest BCUT2D eigenvalue weighted by Gasteiger charge is -2.38. The van der Waals surface area contributed by atoms with Gasteiger partial charge in [-0.25, -0.2) is 4.99 Å². The fraction of sp³-hybridized carbons (Fsp3) is 0.533. The average Bonchev–Trinajstić information content (AvgIpc) is 3.46. The first-order valence-electron chi connectivity index (χ1n) is 14.0. The lowest BCUT2D eigenvalue weighted by Crippen LogP contribution is -2.45. The number of amidine groups is 1. The Kier molecular flexibility index (Phi) is 8.44. The third-order valence-electron chi connectivity index (χ3n) is 8.08. The standard InChI is InChI=1S/C30H40ClN5O2/c1-21-19-27-33-29(35-14-6-7-15-35)22(2)28(34(27)3)32-13-18-38-17-8-9-23-11-12-24(31)20-25(23)30(37)36-16-5-4-10-26(21)36/h11-12,19-20,26,32H,1,4-10,13-18H2,2-3H3/b27-19-. The summed E-state index contributed by atoms with van der Waals surface area (Å²) in [5, 5.41) is 4.21. The Labute approximate surface area is 231 Å². The third-order valence-corrected chi connectivity index (χ3v) is 8.31. The van der Waals surface area contributed by atoms with E-state index in [-0.39, 0.29) is 11.9 Å². The van der Waals surface area contributed by atoms with E-state index in [9.17, 15) is 4.79 Å². The number of piperidine rings is 1. The number of fused-ring (bicyclic) bond motifs is 4. The molecule has 1 unspecified atom stereocenters. The average molecular weight is 538 g/mol. The van der Waals surface area contributed by atoms with Gasteiger partial charge in [0.15, 0.2) is 0 Å². The Bertz CT molecular complexity index is 1170. The molecule has 204 valence electrons. The van der Waals surface area contributed by atoms with Gasteiger partial charge in [-0.15, -0.1) is 0 Å². The molecule has 7 nitrogen and oxygen atoms in total. The molecule has 2 bridgehead atoms. The number of ether oxygens (including phenoxy) is 1. The van der Waals surface area contributed by atoms with Gasteiger partial charge >= 0.3 is 0 Å². The summed E-state index contributed by atoms with van der Waals surface area (Å²) < 4.78 is 5.97. The summed E-state index contributed by atoms with van der Waals surface area (Å²) in [6.45, 7) is 11.4. The zero-order chi connectivity index (χ0) is 26.6. The second kappa shape index (κ2) is 12.0. The number of hydrogen-bond acceptors (Lipinski definition) is 6. The van der Waals surface area contributed by atoms with Crippen molar-refractivity contribution in [3.63, 3.8) is 0 Å². The maximum absolute atomic E-state index is 14.0. The van der Waals surface area contributed by atoms with Crippen molar-refractivity contribution < 1.29 is 9.53 Å². The number of likely N-dealkylation sites (tertiary alicyclic amines) is 1. The van der Waals surface area contributed by atoms with E-state index in [1.54, 1.807) is 0 Å². The number of aliphatic imine (C=N–C) groups is 1. The summed E-state index contributed by atoms with van der Waals surface area (Å²) in [6, 6.07) is 5.62. The van der Waals surface area contributed by atoms with Crippen LogP contribution in [-0.2, 0) is 11.2 Å². The Hall–Kier alpha value is -2.77. The van der Waals surface area contributed by atoms with Gasteiger partial charge < -0.3 is 24.8 Å². The van der Waals surface area contributed by atoms with Crippen LogP contribution in [-0.4, -0.2) is 78.9 Å². The van der Waals surface area contributed by atoms with Gasteiger partial charge in [0.2, 0.25) is 0 Å². The number of carbonyl (C=O) groups is 1. The molecule has 0 aliphatic carbocycles. The molecule has 0 spiro atoms. The van der Waals surface area contributed by atoms with E-state index in [2.05, 4.69) is 34.7 Å². The molecule has 0 saturated carbocycles. The van der Waals surface area contributed by atoms with Crippen molar-refractivity contribution in [2.24, 2.45) is 4.99 Å². The van der Waals surface area contributed by atoms with Crippen molar-refractivity contribution in [3.8, 4) is 0 Å². The Balaban J connectivity index is 1.53. The van der Waals surface area contributed by atoms with Crippen LogP contribution in [0.25, 0.3) is 0 Å². The van der Waals surface area contributed by atoms with Crippen LogP contribution in [0.2, 0.25) is 5.02 Å². The summed E-state index contributed by atoms with van der Waals surface area (Å²) in [5.41, 5.74) is 3.78. The molecule has 4 aliphatic heterocycles. The molecule has 4 heterocycles. The van der Waals surface area contributed by atoms with Gasteiger partial charge in [0.05, 0.1) is 12.6 Å².